The molecule has 0 aromatic carbocycles. The third-order valence-corrected chi connectivity index (χ3v) is 4.01. The first-order valence-electron chi connectivity index (χ1n) is 7.02. The number of rotatable bonds is 5. The molecule has 2 heteroatoms. The van der Waals surface area contributed by atoms with Gasteiger partial charge < -0.3 is 10.2 Å². The lowest BCUT2D eigenvalue weighted by Gasteiger charge is -2.37. The van der Waals surface area contributed by atoms with E-state index in [-0.39, 0.29) is 0 Å². The fraction of sp³-hybridized carbons (Fsp3) is 1.00. The molecule has 1 fully saturated rings. The average molecular weight is 226 g/mol. The number of nitrogens with zero attached hydrogens (tertiary/aromatic N) is 1. The number of hydrogen-bond acceptors (Lipinski definition) is 2. The Balaban J connectivity index is 2.42. The van der Waals surface area contributed by atoms with Gasteiger partial charge in [0.15, 0.2) is 0 Å². The smallest absolute Gasteiger partial charge is 0.0102 e. The molecule has 0 amide bonds. The molecule has 1 heterocycles. The Kier molecular flexibility index (Phi) is 5.77. The summed E-state index contributed by atoms with van der Waals surface area (Å²) in [5.74, 6) is 0. The maximum Gasteiger partial charge on any atom is 0.0102 e. The summed E-state index contributed by atoms with van der Waals surface area (Å²) in [4.78, 5) is 2.67. The van der Waals surface area contributed by atoms with Crippen LogP contribution < -0.4 is 5.32 Å². The van der Waals surface area contributed by atoms with Crippen LogP contribution in [-0.2, 0) is 0 Å². The number of nitrogens with one attached hydrogen (secondary N) is 1. The molecule has 1 unspecified atom stereocenters. The monoisotopic (exact) mass is 226 g/mol. The van der Waals surface area contributed by atoms with E-state index in [0.29, 0.717) is 11.5 Å². The Morgan fingerprint density at radius 3 is 2.19 bits per heavy atom. The molecule has 0 aromatic heterocycles. The summed E-state index contributed by atoms with van der Waals surface area (Å²) in [6.07, 6.45) is 5.65. The van der Waals surface area contributed by atoms with Crippen molar-refractivity contribution < 1.29 is 0 Å². The van der Waals surface area contributed by atoms with Gasteiger partial charge in [0.05, 0.1) is 0 Å². The van der Waals surface area contributed by atoms with E-state index < -0.39 is 0 Å². The zero-order chi connectivity index (χ0) is 12.0. The van der Waals surface area contributed by atoms with E-state index in [2.05, 4.69) is 37.9 Å². The van der Waals surface area contributed by atoms with Gasteiger partial charge in [0.25, 0.3) is 0 Å². The van der Waals surface area contributed by atoms with Crippen LogP contribution in [0, 0.1) is 5.41 Å². The molecule has 1 N–H and O–H groups in total. The van der Waals surface area contributed by atoms with E-state index in [0.717, 1.165) is 6.54 Å². The van der Waals surface area contributed by atoms with Gasteiger partial charge >= 0.3 is 0 Å². The first kappa shape index (κ1) is 14.0. The lowest BCUT2D eigenvalue weighted by Crippen LogP contribution is -2.47. The lowest BCUT2D eigenvalue weighted by atomic mass is 9.84. The molecule has 0 aromatic rings. The molecule has 0 bridgehead atoms. The summed E-state index contributed by atoms with van der Waals surface area (Å²) in [5, 5.41) is 3.56. The van der Waals surface area contributed by atoms with Crippen molar-refractivity contribution in [1.82, 2.24) is 10.2 Å². The minimum atomic E-state index is 0.375. The van der Waals surface area contributed by atoms with Gasteiger partial charge in [-0.1, -0.05) is 33.6 Å². The molecule has 0 aliphatic carbocycles. The van der Waals surface area contributed by atoms with Crippen molar-refractivity contribution in [3.63, 3.8) is 0 Å². The summed E-state index contributed by atoms with van der Waals surface area (Å²) < 4.78 is 0. The van der Waals surface area contributed by atoms with Crippen LogP contribution in [-0.4, -0.2) is 37.1 Å². The largest absolute Gasteiger partial charge is 0.314 e. The first-order chi connectivity index (χ1) is 7.56. The van der Waals surface area contributed by atoms with Crippen LogP contribution in [0.25, 0.3) is 0 Å². The van der Waals surface area contributed by atoms with Crippen molar-refractivity contribution in [3.8, 4) is 0 Å². The molecular weight excluding hydrogens is 196 g/mol. The highest BCUT2D eigenvalue weighted by Crippen LogP contribution is 2.23. The second-order valence-corrected chi connectivity index (χ2v) is 5.96. The summed E-state index contributed by atoms with van der Waals surface area (Å²) in [6.45, 7) is 14.2. The second kappa shape index (κ2) is 6.61. The predicted octanol–water partition coefficient (Wildman–Crippen LogP) is 2.89. The normalized spacial score (nSPS) is 21.8. The molecule has 16 heavy (non-hydrogen) atoms. The summed E-state index contributed by atoms with van der Waals surface area (Å²) in [5.41, 5.74) is 0.375. The third kappa shape index (κ3) is 4.42. The van der Waals surface area contributed by atoms with Gasteiger partial charge in [-0.3, -0.25) is 0 Å². The van der Waals surface area contributed by atoms with Crippen LogP contribution in [0.1, 0.15) is 53.4 Å². The Bertz CT molecular complexity index is 181. The highest BCUT2D eigenvalue weighted by atomic mass is 15.1. The van der Waals surface area contributed by atoms with Crippen LogP contribution in [0.4, 0.5) is 0 Å². The number of hydrogen-bond donors (Lipinski definition) is 1. The molecule has 0 saturated carbocycles. The van der Waals surface area contributed by atoms with Crippen LogP contribution >= 0.6 is 0 Å². The quantitative estimate of drug-likeness (QED) is 0.775. The molecule has 1 aliphatic rings. The standard InChI is InChI=1S/C14H30N2/c1-5-15-13(2)14(3,4)12-16-10-8-6-7-9-11-16/h13,15H,5-12H2,1-4H3. The van der Waals surface area contributed by atoms with Gasteiger partial charge in [0.2, 0.25) is 0 Å². The molecule has 1 aliphatic heterocycles. The maximum absolute atomic E-state index is 3.56. The van der Waals surface area contributed by atoms with E-state index in [1.54, 1.807) is 0 Å². The SMILES string of the molecule is CCNC(C)C(C)(C)CN1CCCCCC1. The van der Waals surface area contributed by atoms with Crippen LogP contribution in [0.15, 0.2) is 0 Å². The van der Waals surface area contributed by atoms with Gasteiger partial charge in [-0.25, -0.2) is 0 Å². The molecule has 1 rings (SSSR count). The molecule has 1 atom stereocenters. The fourth-order valence-corrected chi connectivity index (χ4v) is 2.59. The summed E-state index contributed by atoms with van der Waals surface area (Å²) in [7, 11) is 0. The van der Waals surface area contributed by atoms with Crippen molar-refractivity contribution in [3.05, 3.63) is 0 Å². The van der Waals surface area contributed by atoms with Crippen LogP contribution in [0.3, 0.4) is 0 Å². The van der Waals surface area contributed by atoms with E-state index in [1.807, 2.05) is 0 Å². The molecule has 2 nitrogen and oxygen atoms in total. The van der Waals surface area contributed by atoms with Crippen LogP contribution in [0.5, 0.6) is 0 Å². The first-order valence-corrected chi connectivity index (χ1v) is 7.02. The van der Waals surface area contributed by atoms with E-state index in [9.17, 15) is 0 Å². The second-order valence-electron chi connectivity index (χ2n) is 5.96. The Hall–Kier alpha value is -0.0800. The topological polar surface area (TPSA) is 15.3 Å². The predicted molar refractivity (Wildman–Crippen MR) is 71.8 cm³/mol. The van der Waals surface area contributed by atoms with Gasteiger partial charge in [0.1, 0.15) is 0 Å². The third-order valence-electron chi connectivity index (χ3n) is 4.01. The zero-order valence-corrected chi connectivity index (χ0v) is 11.7. The molecule has 0 radical (unpaired) electrons. The van der Waals surface area contributed by atoms with Crippen LogP contribution in [0.2, 0.25) is 0 Å². The van der Waals surface area contributed by atoms with Crippen molar-refractivity contribution in [2.45, 2.75) is 59.4 Å². The van der Waals surface area contributed by atoms with Crippen molar-refractivity contribution in [2.24, 2.45) is 5.41 Å². The molecule has 96 valence electrons. The molecule has 1 saturated heterocycles. The Morgan fingerprint density at radius 2 is 1.69 bits per heavy atom. The highest BCUT2D eigenvalue weighted by Gasteiger charge is 2.27. The van der Waals surface area contributed by atoms with Crippen molar-refractivity contribution >= 4 is 0 Å². The van der Waals surface area contributed by atoms with Crippen molar-refractivity contribution in [2.75, 3.05) is 26.2 Å². The highest BCUT2D eigenvalue weighted by molar-refractivity contribution is 4.84. The Labute approximate surface area is 102 Å². The van der Waals surface area contributed by atoms with Gasteiger partial charge in [-0.05, 0) is 44.8 Å². The number of likely N-dealkylation sites (tertiary alicyclic amines) is 1. The lowest BCUT2D eigenvalue weighted by molar-refractivity contribution is 0.147. The molecule has 0 spiro atoms. The average Bonchev–Trinajstić information content (AvgIpc) is 2.46. The minimum Gasteiger partial charge on any atom is -0.314 e. The minimum absolute atomic E-state index is 0.375. The van der Waals surface area contributed by atoms with Gasteiger partial charge in [-0.15, -0.1) is 0 Å². The maximum atomic E-state index is 3.56. The van der Waals surface area contributed by atoms with Gasteiger partial charge in [-0.2, -0.15) is 0 Å². The Morgan fingerprint density at radius 1 is 1.12 bits per heavy atom. The zero-order valence-electron chi connectivity index (χ0n) is 11.7. The van der Waals surface area contributed by atoms with Gasteiger partial charge in [0, 0.05) is 12.6 Å². The fourth-order valence-electron chi connectivity index (χ4n) is 2.59. The van der Waals surface area contributed by atoms with E-state index >= 15 is 0 Å². The van der Waals surface area contributed by atoms with E-state index in [4.69, 9.17) is 0 Å². The summed E-state index contributed by atoms with van der Waals surface area (Å²) >= 11 is 0. The summed E-state index contributed by atoms with van der Waals surface area (Å²) in [6, 6.07) is 0.598. The molecular formula is C14H30N2. The van der Waals surface area contributed by atoms with E-state index in [1.165, 1.54) is 45.3 Å². The van der Waals surface area contributed by atoms with Crippen molar-refractivity contribution in [1.29, 1.82) is 0 Å².